The molecule has 0 unspecified atom stereocenters. The lowest BCUT2D eigenvalue weighted by Crippen LogP contribution is -2.32. The van der Waals surface area contributed by atoms with Crippen LogP contribution in [0.25, 0.3) is 60.9 Å². The summed E-state index contributed by atoms with van der Waals surface area (Å²) >= 11 is 0. The maximum Gasteiger partial charge on any atom is 0.132 e. The van der Waals surface area contributed by atoms with Gasteiger partial charge < -0.3 is 9.30 Å². The molecule has 0 saturated carbocycles. The molecule has 0 N–H and O–H groups in total. The van der Waals surface area contributed by atoms with E-state index in [4.69, 9.17) is 4.74 Å². The Labute approximate surface area is 296 Å². The van der Waals surface area contributed by atoms with Crippen molar-refractivity contribution in [3.05, 3.63) is 210 Å². The van der Waals surface area contributed by atoms with E-state index in [0.29, 0.717) is 0 Å². The number of aromatic nitrogens is 1. The molecule has 51 heavy (non-hydrogen) atoms. The maximum atomic E-state index is 6.89. The van der Waals surface area contributed by atoms with Crippen LogP contribution in [0.3, 0.4) is 0 Å². The molecule has 1 aromatic heterocycles. The molecule has 2 heterocycles. The summed E-state index contributed by atoms with van der Waals surface area (Å²) in [7, 11) is 0. The molecule has 9 aromatic rings. The van der Waals surface area contributed by atoms with Gasteiger partial charge in [0.25, 0.3) is 0 Å². The van der Waals surface area contributed by atoms with E-state index < -0.39 is 5.41 Å². The fraction of sp³-hybridized carbons (Fsp3) is 0.0204. The Hall–Kier alpha value is -6.64. The minimum absolute atomic E-state index is 0.617. The largest absolute Gasteiger partial charge is 0.457 e. The van der Waals surface area contributed by atoms with Gasteiger partial charge in [-0.05, 0) is 99.1 Å². The first-order valence-corrected chi connectivity index (χ1v) is 17.6. The van der Waals surface area contributed by atoms with Crippen molar-refractivity contribution in [1.82, 2.24) is 4.57 Å². The number of hydrogen-bond acceptors (Lipinski definition) is 1. The molecular weight excluding hydrogens is 619 g/mol. The van der Waals surface area contributed by atoms with Crippen LogP contribution in [0.2, 0.25) is 0 Å². The number of nitrogens with zero attached hydrogens (tertiary/aromatic N) is 1. The second kappa shape index (κ2) is 10.7. The van der Waals surface area contributed by atoms with Crippen LogP contribution in [-0.4, -0.2) is 4.57 Å². The third-order valence-corrected chi connectivity index (χ3v) is 11.1. The molecule has 0 amide bonds. The molecule has 0 atom stereocenters. The predicted octanol–water partition coefficient (Wildman–Crippen LogP) is 12.6. The first-order chi connectivity index (χ1) is 25.3. The summed E-state index contributed by atoms with van der Waals surface area (Å²) in [6.07, 6.45) is 0. The van der Waals surface area contributed by atoms with Gasteiger partial charge in [0.05, 0.1) is 16.4 Å². The third kappa shape index (κ3) is 3.93. The Balaban J connectivity index is 1.30. The number of para-hydroxylation sites is 2. The monoisotopic (exact) mass is 649 g/mol. The van der Waals surface area contributed by atoms with Crippen LogP contribution in [0.5, 0.6) is 11.5 Å². The summed E-state index contributed by atoms with van der Waals surface area (Å²) in [6, 6.07) is 68.4. The predicted molar refractivity (Wildman–Crippen MR) is 209 cm³/mol. The van der Waals surface area contributed by atoms with Gasteiger partial charge in [-0.2, -0.15) is 0 Å². The van der Waals surface area contributed by atoms with Gasteiger partial charge in [-0.25, -0.2) is 0 Å². The van der Waals surface area contributed by atoms with Gasteiger partial charge in [-0.1, -0.05) is 133 Å². The van der Waals surface area contributed by atoms with Gasteiger partial charge in [-0.3, -0.25) is 0 Å². The maximum absolute atomic E-state index is 6.89. The van der Waals surface area contributed by atoms with E-state index in [1.54, 1.807) is 0 Å². The van der Waals surface area contributed by atoms with Crippen LogP contribution in [0, 0.1) is 0 Å². The van der Waals surface area contributed by atoms with Crippen LogP contribution in [0.15, 0.2) is 188 Å². The number of fused-ring (bicyclic) bond motifs is 12. The van der Waals surface area contributed by atoms with Crippen LogP contribution in [0.4, 0.5) is 0 Å². The van der Waals surface area contributed by atoms with Crippen LogP contribution in [-0.2, 0) is 5.41 Å². The zero-order valence-corrected chi connectivity index (χ0v) is 27.8. The molecule has 1 spiro atoms. The molecule has 2 heteroatoms. The second-order valence-corrected chi connectivity index (χ2v) is 13.7. The van der Waals surface area contributed by atoms with Gasteiger partial charge in [0, 0.05) is 27.6 Å². The highest BCUT2D eigenvalue weighted by molar-refractivity contribution is 6.12. The summed E-state index contributed by atoms with van der Waals surface area (Å²) in [4.78, 5) is 0. The van der Waals surface area contributed by atoms with E-state index in [2.05, 4.69) is 193 Å². The van der Waals surface area contributed by atoms with Gasteiger partial charge in [-0.15, -0.1) is 0 Å². The minimum Gasteiger partial charge on any atom is -0.457 e. The lowest BCUT2D eigenvalue weighted by molar-refractivity contribution is 0.436. The van der Waals surface area contributed by atoms with Crippen molar-refractivity contribution < 1.29 is 4.74 Å². The molecule has 11 rings (SSSR count). The van der Waals surface area contributed by atoms with E-state index in [0.717, 1.165) is 17.2 Å². The molecule has 0 bridgehead atoms. The molecule has 0 fully saturated rings. The topological polar surface area (TPSA) is 14.2 Å². The van der Waals surface area contributed by atoms with Gasteiger partial charge >= 0.3 is 0 Å². The summed E-state index contributed by atoms with van der Waals surface area (Å²) in [6.45, 7) is 0. The lowest BCUT2D eigenvalue weighted by atomic mass is 9.65. The molecule has 238 valence electrons. The first kappa shape index (κ1) is 28.2. The van der Waals surface area contributed by atoms with Gasteiger partial charge in [0.2, 0.25) is 0 Å². The standard InChI is InChI=1S/C49H31NO/c1-4-14-32(15-5-1)34-24-26-47-43(28-34)49(44-29-35(25-27-48(44)51-47)33-16-6-2-7-17-33)41-22-12-10-20-37(41)39-31-46-40(30-42(39)49)38-21-11-13-23-45(38)50(46)36-18-8-3-9-19-36/h1-31H. The van der Waals surface area contributed by atoms with E-state index in [-0.39, 0.29) is 0 Å². The van der Waals surface area contributed by atoms with Crippen molar-refractivity contribution in [2.75, 3.05) is 0 Å². The van der Waals surface area contributed by atoms with Crippen molar-refractivity contribution in [3.8, 4) is 50.6 Å². The van der Waals surface area contributed by atoms with Crippen molar-refractivity contribution in [2.24, 2.45) is 0 Å². The lowest BCUT2D eigenvalue weighted by Gasteiger charge is -2.40. The molecule has 0 saturated heterocycles. The summed E-state index contributed by atoms with van der Waals surface area (Å²) < 4.78 is 9.31. The quantitative estimate of drug-likeness (QED) is 0.186. The van der Waals surface area contributed by atoms with E-state index in [1.165, 1.54) is 77.4 Å². The average Bonchev–Trinajstić information content (AvgIpc) is 3.68. The van der Waals surface area contributed by atoms with Crippen molar-refractivity contribution in [3.63, 3.8) is 0 Å². The van der Waals surface area contributed by atoms with Crippen LogP contribution < -0.4 is 4.74 Å². The molecule has 8 aromatic carbocycles. The molecule has 1 aliphatic carbocycles. The molecule has 0 radical (unpaired) electrons. The average molecular weight is 650 g/mol. The highest BCUT2D eigenvalue weighted by Crippen LogP contribution is 2.63. The Morgan fingerprint density at radius 3 is 1.59 bits per heavy atom. The third-order valence-electron chi connectivity index (χ3n) is 11.1. The van der Waals surface area contributed by atoms with Crippen LogP contribution >= 0.6 is 0 Å². The van der Waals surface area contributed by atoms with Crippen molar-refractivity contribution >= 4 is 21.8 Å². The van der Waals surface area contributed by atoms with Crippen molar-refractivity contribution in [2.45, 2.75) is 5.41 Å². The van der Waals surface area contributed by atoms with Gasteiger partial charge in [0.1, 0.15) is 11.5 Å². The second-order valence-electron chi connectivity index (χ2n) is 13.7. The first-order valence-electron chi connectivity index (χ1n) is 17.6. The minimum atomic E-state index is -0.617. The smallest absolute Gasteiger partial charge is 0.132 e. The normalized spacial score (nSPS) is 13.4. The molecule has 2 nitrogen and oxygen atoms in total. The highest BCUT2D eigenvalue weighted by atomic mass is 16.5. The zero-order chi connectivity index (χ0) is 33.5. The van der Waals surface area contributed by atoms with E-state index >= 15 is 0 Å². The number of benzene rings is 8. The molecule has 1 aliphatic heterocycles. The molecule has 2 aliphatic rings. The number of hydrogen-bond donors (Lipinski definition) is 0. The highest BCUT2D eigenvalue weighted by Gasteiger charge is 2.51. The Morgan fingerprint density at radius 2 is 0.922 bits per heavy atom. The van der Waals surface area contributed by atoms with Gasteiger partial charge in [0.15, 0.2) is 0 Å². The Morgan fingerprint density at radius 1 is 0.353 bits per heavy atom. The number of ether oxygens (including phenoxy) is 1. The fourth-order valence-electron chi connectivity index (χ4n) is 8.88. The summed E-state index contributed by atoms with van der Waals surface area (Å²) in [5, 5.41) is 2.49. The zero-order valence-electron chi connectivity index (χ0n) is 27.8. The number of rotatable bonds is 3. The van der Waals surface area contributed by atoms with E-state index in [9.17, 15) is 0 Å². The molecular formula is C49H31NO. The van der Waals surface area contributed by atoms with Crippen molar-refractivity contribution in [1.29, 1.82) is 0 Å². The van der Waals surface area contributed by atoms with Crippen LogP contribution in [0.1, 0.15) is 22.3 Å². The summed E-state index contributed by atoms with van der Waals surface area (Å²) in [5.74, 6) is 1.79. The Bertz CT molecular complexity index is 2720. The SMILES string of the molecule is c1ccc(-c2ccc3c(c2)C2(c4cc(-c5ccccc5)ccc4O3)c3ccccc3-c3cc4c(cc32)c2ccccc2n4-c2ccccc2)cc1. The van der Waals surface area contributed by atoms with E-state index in [1.807, 2.05) is 0 Å². The Kier molecular flexibility index (Phi) is 5.91. The summed E-state index contributed by atoms with van der Waals surface area (Å²) in [5.41, 5.74) is 15.1. The fourth-order valence-corrected chi connectivity index (χ4v) is 8.88.